The molecule has 0 spiro atoms. The zero-order chi connectivity index (χ0) is 15.0. The molecule has 110 valence electrons. The van der Waals surface area contributed by atoms with E-state index in [4.69, 9.17) is 15.2 Å². The number of aryl methyl sites for hydroxylation is 1. The number of halogens is 2. The maximum absolute atomic E-state index is 6.44. The van der Waals surface area contributed by atoms with Crippen molar-refractivity contribution in [2.75, 3.05) is 13.2 Å². The van der Waals surface area contributed by atoms with Crippen molar-refractivity contribution in [3.05, 3.63) is 56.0 Å². The van der Waals surface area contributed by atoms with Crippen molar-refractivity contribution in [2.24, 2.45) is 5.73 Å². The minimum Gasteiger partial charge on any atom is -0.486 e. The van der Waals surface area contributed by atoms with Crippen molar-refractivity contribution < 1.29 is 9.47 Å². The molecule has 0 saturated carbocycles. The van der Waals surface area contributed by atoms with Gasteiger partial charge in [0.1, 0.15) is 13.2 Å². The maximum Gasteiger partial charge on any atom is 0.162 e. The number of hydrogen-bond donors (Lipinski definition) is 1. The third-order valence-electron chi connectivity index (χ3n) is 3.49. The zero-order valence-corrected chi connectivity index (χ0v) is 14.7. The summed E-state index contributed by atoms with van der Waals surface area (Å²) in [7, 11) is 0. The molecular weight excluding hydrogens is 398 g/mol. The van der Waals surface area contributed by atoms with E-state index in [0.29, 0.717) is 13.2 Å². The van der Waals surface area contributed by atoms with Gasteiger partial charge in [-0.15, -0.1) is 0 Å². The van der Waals surface area contributed by atoms with E-state index in [-0.39, 0.29) is 6.04 Å². The van der Waals surface area contributed by atoms with Crippen LogP contribution < -0.4 is 15.2 Å². The number of hydrogen-bond acceptors (Lipinski definition) is 3. The Bertz CT molecular complexity index is 688. The van der Waals surface area contributed by atoms with E-state index < -0.39 is 0 Å². The fraction of sp³-hybridized carbons (Fsp3) is 0.250. The Labute approximate surface area is 140 Å². The molecule has 0 saturated heterocycles. The smallest absolute Gasteiger partial charge is 0.162 e. The number of nitrogens with two attached hydrogens (primary N) is 1. The van der Waals surface area contributed by atoms with Gasteiger partial charge < -0.3 is 15.2 Å². The molecule has 0 amide bonds. The fourth-order valence-corrected chi connectivity index (χ4v) is 3.68. The first-order chi connectivity index (χ1) is 10.1. The van der Waals surface area contributed by atoms with Crippen LogP contribution in [-0.2, 0) is 0 Å². The highest BCUT2D eigenvalue weighted by atomic mass is 79.9. The van der Waals surface area contributed by atoms with Crippen LogP contribution in [0.4, 0.5) is 0 Å². The van der Waals surface area contributed by atoms with E-state index in [1.54, 1.807) is 0 Å². The van der Waals surface area contributed by atoms with Gasteiger partial charge in [-0.05, 0) is 41.8 Å². The summed E-state index contributed by atoms with van der Waals surface area (Å²) in [5.74, 6) is 1.50. The summed E-state index contributed by atoms with van der Waals surface area (Å²) in [6, 6.07) is 9.81. The van der Waals surface area contributed by atoms with E-state index in [0.717, 1.165) is 31.6 Å². The van der Waals surface area contributed by atoms with Crippen LogP contribution in [-0.4, -0.2) is 13.2 Å². The molecule has 1 unspecified atom stereocenters. The van der Waals surface area contributed by atoms with Crippen LogP contribution in [0.15, 0.2) is 39.3 Å². The summed E-state index contributed by atoms with van der Waals surface area (Å²) in [5.41, 5.74) is 9.65. The van der Waals surface area contributed by atoms with Crippen LogP contribution in [0.25, 0.3) is 0 Å². The van der Waals surface area contributed by atoms with E-state index in [1.807, 2.05) is 18.2 Å². The lowest BCUT2D eigenvalue weighted by molar-refractivity contribution is 0.171. The lowest BCUT2D eigenvalue weighted by Gasteiger charge is -2.22. The summed E-state index contributed by atoms with van der Waals surface area (Å²) < 4.78 is 13.2. The van der Waals surface area contributed by atoms with Gasteiger partial charge in [-0.1, -0.05) is 44.0 Å². The summed E-state index contributed by atoms with van der Waals surface area (Å²) in [6.07, 6.45) is 0. The lowest BCUT2D eigenvalue weighted by Crippen LogP contribution is -2.18. The summed E-state index contributed by atoms with van der Waals surface area (Å²) in [4.78, 5) is 0. The Balaban J connectivity index is 2.03. The first-order valence-electron chi connectivity index (χ1n) is 6.67. The van der Waals surface area contributed by atoms with Crippen molar-refractivity contribution in [1.82, 2.24) is 0 Å². The fourth-order valence-electron chi connectivity index (χ4n) is 2.37. The standard InChI is InChI=1S/C16H15Br2NO2/c1-9-2-3-10(12(17)6-9)16(19)11-7-14-15(8-13(11)18)21-5-4-20-14/h2-3,6-8,16H,4-5,19H2,1H3. The molecule has 3 rings (SSSR count). The van der Waals surface area contributed by atoms with Gasteiger partial charge in [0.25, 0.3) is 0 Å². The van der Waals surface area contributed by atoms with Crippen LogP contribution in [0.5, 0.6) is 11.5 Å². The number of fused-ring (bicyclic) bond motifs is 1. The summed E-state index contributed by atoms with van der Waals surface area (Å²) >= 11 is 7.17. The summed E-state index contributed by atoms with van der Waals surface area (Å²) in [5, 5.41) is 0. The van der Waals surface area contributed by atoms with Crippen molar-refractivity contribution >= 4 is 31.9 Å². The molecule has 1 aliphatic rings. The predicted octanol–water partition coefficient (Wildman–Crippen LogP) is 4.34. The third-order valence-corrected chi connectivity index (χ3v) is 4.86. The monoisotopic (exact) mass is 411 g/mol. The number of ether oxygens (including phenoxy) is 2. The Hall–Kier alpha value is -1.04. The van der Waals surface area contributed by atoms with E-state index >= 15 is 0 Å². The molecule has 1 heterocycles. The molecule has 1 atom stereocenters. The Morgan fingerprint density at radius 1 is 0.952 bits per heavy atom. The topological polar surface area (TPSA) is 44.5 Å². The predicted molar refractivity (Wildman–Crippen MR) is 90.0 cm³/mol. The van der Waals surface area contributed by atoms with Gasteiger partial charge in [0.2, 0.25) is 0 Å². The molecule has 2 aromatic rings. The van der Waals surface area contributed by atoms with Gasteiger partial charge in [0, 0.05) is 8.95 Å². The second kappa shape index (κ2) is 5.99. The van der Waals surface area contributed by atoms with Crippen molar-refractivity contribution in [2.45, 2.75) is 13.0 Å². The van der Waals surface area contributed by atoms with Crippen LogP contribution in [0.3, 0.4) is 0 Å². The van der Waals surface area contributed by atoms with Gasteiger partial charge >= 0.3 is 0 Å². The van der Waals surface area contributed by atoms with Gasteiger partial charge in [-0.25, -0.2) is 0 Å². The molecule has 0 fully saturated rings. The zero-order valence-electron chi connectivity index (χ0n) is 11.5. The number of benzene rings is 2. The average molecular weight is 413 g/mol. The van der Waals surface area contributed by atoms with Gasteiger partial charge in [0.15, 0.2) is 11.5 Å². The third kappa shape index (κ3) is 2.96. The minimum absolute atomic E-state index is 0.245. The van der Waals surface area contributed by atoms with Gasteiger partial charge in [-0.2, -0.15) is 0 Å². The van der Waals surface area contributed by atoms with Crippen LogP contribution in [0.2, 0.25) is 0 Å². The molecule has 0 radical (unpaired) electrons. The molecule has 2 N–H and O–H groups in total. The minimum atomic E-state index is -0.245. The molecule has 0 aromatic heterocycles. The Morgan fingerprint density at radius 3 is 2.24 bits per heavy atom. The Morgan fingerprint density at radius 2 is 1.57 bits per heavy atom. The van der Waals surface area contributed by atoms with Crippen LogP contribution >= 0.6 is 31.9 Å². The lowest BCUT2D eigenvalue weighted by atomic mass is 9.98. The van der Waals surface area contributed by atoms with E-state index in [1.165, 1.54) is 5.56 Å². The molecule has 0 aliphatic carbocycles. The summed E-state index contributed by atoms with van der Waals surface area (Å²) in [6.45, 7) is 3.20. The van der Waals surface area contributed by atoms with Gasteiger partial charge in [0.05, 0.1) is 6.04 Å². The van der Waals surface area contributed by atoms with Crippen LogP contribution in [0, 0.1) is 6.92 Å². The van der Waals surface area contributed by atoms with Crippen molar-refractivity contribution in [1.29, 1.82) is 0 Å². The quantitative estimate of drug-likeness (QED) is 0.797. The molecule has 2 aromatic carbocycles. The van der Waals surface area contributed by atoms with Crippen molar-refractivity contribution in [3.63, 3.8) is 0 Å². The average Bonchev–Trinajstić information content (AvgIpc) is 2.46. The first kappa shape index (κ1) is 14.9. The molecule has 5 heteroatoms. The normalized spacial score (nSPS) is 14.9. The largest absolute Gasteiger partial charge is 0.486 e. The highest BCUT2D eigenvalue weighted by molar-refractivity contribution is 9.10. The number of rotatable bonds is 2. The maximum atomic E-state index is 6.44. The highest BCUT2D eigenvalue weighted by Gasteiger charge is 2.20. The van der Waals surface area contributed by atoms with E-state index in [2.05, 4.69) is 50.9 Å². The highest BCUT2D eigenvalue weighted by Crippen LogP contribution is 2.39. The van der Waals surface area contributed by atoms with Crippen molar-refractivity contribution in [3.8, 4) is 11.5 Å². The van der Waals surface area contributed by atoms with Crippen LogP contribution in [0.1, 0.15) is 22.7 Å². The molecule has 0 bridgehead atoms. The first-order valence-corrected chi connectivity index (χ1v) is 8.25. The second-order valence-electron chi connectivity index (χ2n) is 5.02. The SMILES string of the molecule is Cc1ccc(C(N)c2cc3c(cc2Br)OCCO3)c(Br)c1. The Kier molecular flexibility index (Phi) is 4.24. The molecule has 1 aliphatic heterocycles. The molecule has 3 nitrogen and oxygen atoms in total. The van der Waals surface area contributed by atoms with Gasteiger partial charge in [-0.3, -0.25) is 0 Å². The molecule has 21 heavy (non-hydrogen) atoms. The van der Waals surface area contributed by atoms with E-state index in [9.17, 15) is 0 Å². The second-order valence-corrected chi connectivity index (χ2v) is 6.73. The molecular formula is C16H15Br2NO2.